The van der Waals surface area contributed by atoms with Crippen molar-refractivity contribution in [1.29, 1.82) is 5.41 Å². The summed E-state index contributed by atoms with van der Waals surface area (Å²) in [6, 6.07) is 5.84. The summed E-state index contributed by atoms with van der Waals surface area (Å²) in [6.45, 7) is 2.03. The van der Waals surface area contributed by atoms with Gasteiger partial charge in [-0.3, -0.25) is 5.41 Å². The Bertz CT molecular complexity index is 519. The van der Waals surface area contributed by atoms with Crippen LogP contribution >= 0.6 is 11.8 Å². The van der Waals surface area contributed by atoms with E-state index in [0.717, 1.165) is 22.0 Å². The van der Waals surface area contributed by atoms with Crippen molar-refractivity contribution >= 4 is 17.6 Å². The molecule has 0 unspecified atom stereocenters. The second kappa shape index (κ2) is 5.05. The van der Waals surface area contributed by atoms with Crippen LogP contribution < -0.4 is 5.73 Å². The molecule has 0 spiro atoms. The summed E-state index contributed by atoms with van der Waals surface area (Å²) >= 11 is 1.66. The van der Waals surface area contributed by atoms with Gasteiger partial charge in [-0.15, -0.1) is 0 Å². The molecule has 0 saturated carbocycles. The molecule has 1 heterocycles. The van der Waals surface area contributed by atoms with Gasteiger partial charge in [0.05, 0.1) is 0 Å². The molecule has 1 aromatic heterocycles. The average Bonchev–Trinajstić information content (AvgIpc) is 2.80. The predicted octanol–water partition coefficient (Wildman–Crippen LogP) is 2.29. The van der Waals surface area contributed by atoms with Crippen molar-refractivity contribution in [3.8, 4) is 0 Å². The van der Waals surface area contributed by atoms with Crippen molar-refractivity contribution in [2.24, 2.45) is 5.73 Å². The standard InChI is InChI=1S/C12H14N4S/c1-8-6-9(11(13)14)2-3-10(8)7-17-12-15-4-5-16-12/h2-6H,7H2,1H3,(H3,13,14)(H,15,16). The molecule has 5 heteroatoms. The number of amidine groups is 1. The molecule has 0 atom stereocenters. The summed E-state index contributed by atoms with van der Waals surface area (Å²) in [5.74, 6) is 0.968. The summed E-state index contributed by atoms with van der Waals surface area (Å²) in [5, 5.41) is 8.29. The lowest BCUT2D eigenvalue weighted by Crippen LogP contribution is -2.11. The minimum atomic E-state index is 0.110. The molecular formula is C12H14N4S. The molecule has 17 heavy (non-hydrogen) atoms. The Hall–Kier alpha value is -1.75. The largest absolute Gasteiger partial charge is 0.384 e. The van der Waals surface area contributed by atoms with Crippen molar-refractivity contribution in [3.05, 3.63) is 47.3 Å². The topological polar surface area (TPSA) is 78.6 Å². The van der Waals surface area contributed by atoms with Gasteiger partial charge in [0.2, 0.25) is 0 Å². The number of rotatable bonds is 4. The van der Waals surface area contributed by atoms with Crippen LogP contribution in [0, 0.1) is 12.3 Å². The lowest BCUT2D eigenvalue weighted by molar-refractivity contribution is 1.06. The molecule has 0 aliphatic heterocycles. The molecule has 0 amide bonds. The molecular weight excluding hydrogens is 232 g/mol. The van der Waals surface area contributed by atoms with Gasteiger partial charge in [-0.1, -0.05) is 23.9 Å². The summed E-state index contributed by atoms with van der Waals surface area (Å²) in [6.07, 6.45) is 3.56. The number of benzene rings is 1. The fraction of sp³-hybridized carbons (Fsp3) is 0.167. The monoisotopic (exact) mass is 246 g/mol. The Morgan fingerprint density at radius 3 is 2.94 bits per heavy atom. The highest BCUT2D eigenvalue weighted by Gasteiger charge is 2.04. The van der Waals surface area contributed by atoms with E-state index in [2.05, 4.69) is 9.97 Å². The summed E-state index contributed by atoms with van der Waals surface area (Å²) in [4.78, 5) is 7.21. The third-order valence-electron chi connectivity index (χ3n) is 2.49. The Kier molecular flexibility index (Phi) is 3.49. The lowest BCUT2D eigenvalue weighted by Gasteiger charge is -2.06. The predicted molar refractivity (Wildman–Crippen MR) is 70.3 cm³/mol. The van der Waals surface area contributed by atoms with E-state index >= 15 is 0 Å². The number of aryl methyl sites for hydroxylation is 1. The van der Waals surface area contributed by atoms with Crippen molar-refractivity contribution in [2.45, 2.75) is 17.8 Å². The van der Waals surface area contributed by atoms with Crippen molar-refractivity contribution < 1.29 is 0 Å². The first-order chi connectivity index (χ1) is 8.16. The molecule has 0 radical (unpaired) electrons. The van der Waals surface area contributed by atoms with Gasteiger partial charge in [0.1, 0.15) is 5.84 Å². The number of H-pyrrole nitrogens is 1. The molecule has 2 rings (SSSR count). The summed E-state index contributed by atoms with van der Waals surface area (Å²) < 4.78 is 0. The van der Waals surface area contributed by atoms with Gasteiger partial charge in [0.15, 0.2) is 5.16 Å². The third kappa shape index (κ3) is 2.88. The number of hydrogen-bond donors (Lipinski definition) is 3. The van der Waals surface area contributed by atoms with Gasteiger partial charge >= 0.3 is 0 Å². The van der Waals surface area contributed by atoms with Crippen LogP contribution in [0.25, 0.3) is 0 Å². The maximum absolute atomic E-state index is 7.38. The highest BCUT2D eigenvalue weighted by atomic mass is 32.2. The van der Waals surface area contributed by atoms with Crippen molar-refractivity contribution in [3.63, 3.8) is 0 Å². The van der Waals surface area contributed by atoms with Gasteiger partial charge in [0.25, 0.3) is 0 Å². The maximum Gasteiger partial charge on any atom is 0.165 e. The van der Waals surface area contributed by atoms with Gasteiger partial charge in [-0.2, -0.15) is 0 Å². The fourth-order valence-corrected chi connectivity index (χ4v) is 2.40. The smallest absolute Gasteiger partial charge is 0.165 e. The summed E-state index contributed by atoms with van der Waals surface area (Å²) in [7, 11) is 0. The van der Waals surface area contributed by atoms with Crippen LogP contribution in [0.1, 0.15) is 16.7 Å². The van der Waals surface area contributed by atoms with Gasteiger partial charge in [0, 0.05) is 23.7 Å². The number of aromatic amines is 1. The van der Waals surface area contributed by atoms with E-state index in [9.17, 15) is 0 Å². The van der Waals surface area contributed by atoms with E-state index in [4.69, 9.17) is 11.1 Å². The van der Waals surface area contributed by atoms with Crippen LogP contribution in [-0.2, 0) is 5.75 Å². The van der Waals surface area contributed by atoms with Crippen LogP contribution in [0.3, 0.4) is 0 Å². The molecule has 2 aromatic rings. The van der Waals surface area contributed by atoms with E-state index < -0.39 is 0 Å². The van der Waals surface area contributed by atoms with Crippen molar-refractivity contribution in [1.82, 2.24) is 9.97 Å². The first-order valence-corrected chi connectivity index (χ1v) is 6.21. The minimum Gasteiger partial charge on any atom is -0.384 e. The molecule has 0 aliphatic rings. The van der Waals surface area contributed by atoms with Crippen LogP contribution in [0.15, 0.2) is 35.7 Å². The zero-order chi connectivity index (χ0) is 12.3. The number of nitrogens with one attached hydrogen (secondary N) is 2. The number of nitrogen functional groups attached to an aromatic ring is 1. The normalized spacial score (nSPS) is 10.4. The maximum atomic E-state index is 7.38. The van der Waals surface area contributed by atoms with Crippen LogP contribution in [0.2, 0.25) is 0 Å². The van der Waals surface area contributed by atoms with Gasteiger partial charge < -0.3 is 10.7 Å². The zero-order valence-electron chi connectivity index (χ0n) is 9.53. The lowest BCUT2D eigenvalue weighted by atomic mass is 10.1. The molecule has 0 fully saturated rings. The molecule has 0 bridgehead atoms. The fourth-order valence-electron chi connectivity index (χ4n) is 1.50. The average molecular weight is 246 g/mol. The molecule has 0 saturated heterocycles. The number of imidazole rings is 1. The number of hydrogen-bond acceptors (Lipinski definition) is 3. The van der Waals surface area contributed by atoms with Crippen LogP contribution in [-0.4, -0.2) is 15.8 Å². The Labute approximate surface area is 104 Å². The highest BCUT2D eigenvalue weighted by molar-refractivity contribution is 7.98. The highest BCUT2D eigenvalue weighted by Crippen LogP contribution is 2.21. The first-order valence-electron chi connectivity index (χ1n) is 5.23. The summed E-state index contributed by atoms with van der Waals surface area (Å²) in [5.41, 5.74) is 8.60. The Morgan fingerprint density at radius 1 is 1.53 bits per heavy atom. The number of aromatic nitrogens is 2. The second-order valence-electron chi connectivity index (χ2n) is 3.74. The van der Waals surface area contributed by atoms with Gasteiger partial charge in [-0.25, -0.2) is 4.98 Å². The van der Waals surface area contributed by atoms with E-state index in [1.165, 1.54) is 5.56 Å². The number of nitrogens with zero attached hydrogens (tertiary/aromatic N) is 1. The van der Waals surface area contributed by atoms with Crippen molar-refractivity contribution in [2.75, 3.05) is 0 Å². The van der Waals surface area contributed by atoms with Crippen LogP contribution in [0.4, 0.5) is 0 Å². The van der Waals surface area contributed by atoms with Gasteiger partial charge in [-0.05, 0) is 24.1 Å². The molecule has 4 N–H and O–H groups in total. The molecule has 0 aliphatic carbocycles. The zero-order valence-corrected chi connectivity index (χ0v) is 10.3. The second-order valence-corrected chi connectivity index (χ2v) is 4.70. The SMILES string of the molecule is Cc1cc(C(=N)N)ccc1CSc1ncc[nH]1. The quantitative estimate of drug-likeness (QED) is 0.440. The van der Waals surface area contributed by atoms with E-state index in [0.29, 0.717) is 0 Å². The number of nitrogens with two attached hydrogens (primary N) is 1. The minimum absolute atomic E-state index is 0.110. The third-order valence-corrected chi connectivity index (χ3v) is 3.44. The van der Waals surface area contributed by atoms with E-state index in [-0.39, 0.29) is 5.84 Å². The van der Waals surface area contributed by atoms with E-state index in [1.807, 2.05) is 31.3 Å². The first kappa shape index (κ1) is 11.7. The molecule has 4 nitrogen and oxygen atoms in total. The number of thioether (sulfide) groups is 1. The Morgan fingerprint density at radius 2 is 2.35 bits per heavy atom. The molecule has 1 aromatic carbocycles. The Balaban J connectivity index is 2.09. The van der Waals surface area contributed by atoms with E-state index in [1.54, 1.807) is 18.0 Å². The van der Waals surface area contributed by atoms with Crippen LogP contribution in [0.5, 0.6) is 0 Å². The molecule has 88 valence electrons.